The fourth-order valence-electron chi connectivity index (χ4n) is 4.19. The molecule has 0 radical (unpaired) electrons. The van der Waals surface area contributed by atoms with Crippen LogP contribution in [0.1, 0.15) is 41.7 Å². The summed E-state index contributed by atoms with van der Waals surface area (Å²) in [5.74, 6) is -0.479. The molecule has 1 amide bonds. The molecule has 1 aromatic heterocycles. The van der Waals surface area contributed by atoms with Crippen LogP contribution in [0, 0.1) is 12.7 Å². The van der Waals surface area contributed by atoms with E-state index in [-0.39, 0.29) is 28.4 Å². The van der Waals surface area contributed by atoms with E-state index in [0.717, 1.165) is 24.8 Å². The molecular formula is C21H27FN4O3S. The molecule has 0 spiro atoms. The number of likely N-dealkylation sites (tertiary alicyclic amines) is 1. The molecular weight excluding hydrogens is 407 g/mol. The molecule has 0 bridgehead atoms. The van der Waals surface area contributed by atoms with E-state index >= 15 is 0 Å². The molecule has 3 heterocycles. The van der Waals surface area contributed by atoms with Crippen molar-refractivity contribution in [3.05, 3.63) is 47.5 Å². The quantitative estimate of drug-likeness (QED) is 0.758. The highest BCUT2D eigenvalue weighted by molar-refractivity contribution is 7.89. The standard InChI is InChI=1S/C21H27FN4O3S/c1-15-6-7-18(22)20(11-15)26-10-4-5-16(14-26)24-30(28,29)17-12-19(23-13-17)21(27)25-8-2-3-9-25/h6-7,11-13,16,23-24H,2-5,8-10,14H2,1H3. The Kier molecular flexibility index (Phi) is 5.84. The number of halogens is 1. The molecule has 162 valence electrons. The van der Waals surface area contributed by atoms with E-state index in [2.05, 4.69) is 9.71 Å². The van der Waals surface area contributed by atoms with E-state index in [1.807, 2.05) is 11.8 Å². The number of carbonyl (C=O) groups excluding carboxylic acids is 1. The van der Waals surface area contributed by atoms with Gasteiger partial charge < -0.3 is 14.8 Å². The summed E-state index contributed by atoms with van der Waals surface area (Å²) in [7, 11) is -3.79. The van der Waals surface area contributed by atoms with Crippen LogP contribution in [0.15, 0.2) is 35.4 Å². The molecule has 2 N–H and O–H groups in total. The topological polar surface area (TPSA) is 85.5 Å². The monoisotopic (exact) mass is 434 g/mol. The molecule has 2 aliphatic heterocycles. The van der Waals surface area contributed by atoms with Crippen LogP contribution in [0.4, 0.5) is 10.1 Å². The Morgan fingerprint density at radius 2 is 1.93 bits per heavy atom. The number of anilines is 1. The molecule has 7 nitrogen and oxygen atoms in total. The van der Waals surface area contributed by atoms with Gasteiger partial charge in [-0.25, -0.2) is 17.5 Å². The molecule has 2 aromatic rings. The summed E-state index contributed by atoms with van der Waals surface area (Å²) < 4.78 is 42.7. The van der Waals surface area contributed by atoms with Crippen molar-refractivity contribution < 1.29 is 17.6 Å². The maximum atomic E-state index is 14.3. The van der Waals surface area contributed by atoms with Crippen molar-refractivity contribution >= 4 is 21.6 Å². The van der Waals surface area contributed by atoms with Crippen molar-refractivity contribution in [2.75, 3.05) is 31.1 Å². The molecule has 2 fully saturated rings. The second-order valence-corrected chi connectivity index (χ2v) is 9.82. The predicted octanol–water partition coefficient (Wildman–Crippen LogP) is 2.65. The highest BCUT2D eigenvalue weighted by atomic mass is 32.2. The molecule has 1 aromatic carbocycles. The summed E-state index contributed by atoms with van der Waals surface area (Å²) in [6, 6.07) is 6.00. The summed E-state index contributed by atoms with van der Waals surface area (Å²) in [5, 5.41) is 0. The van der Waals surface area contributed by atoms with Gasteiger partial charge >= 0.3 is 0 Å². The summed E-state index contributed by atoms with van der Waals surface area (Å²) in [6.45, 7) is 4.37. The first kappa shape index (κ1) is 20.9. The summed E-state index contributed by atoms with van der Waals surface area (Å²) in [5.41, 5.74) is 1.74. The van der Waals surface area contributed by atoms with Crippen molar-refractivity contribution in [2.45, 2.75) is 43.5 Å². The van der Waals surface area contributed by atoms with Crippen LogP contribution >= 0.6 is 0 Å². The van der Waals surface area contributed by atoms with Gasteiger partial charge in [0, 0.05) is 38.4 Å². The van der Waals surface area contributed by atoms with Gasteiger partial charge in [-0.1, -0.05) is 6.07 Å². The number of piperidine rings is 1. The first-order valence-corrected chi connectivity index (χ1v) is 11.8. The lowest BCUT2D eigenvalue weighted by atomic mass is 10.1. The van der Waals surface area contributed by atoms with Gasteiger partial charge in [0.1, 0.15) is 16.4 Å². The van der Waals surface area contributed by atoms with Crippen molar-refractivity contribution in [1.29, 1.82) is 0 Å². The van der Waals surface area contributed by atoms with E-state index in [1.54, 1.807) is 17.0 Å². The first-order valence-electron chi connectivity index (χ1n) is 10.3. The number of hydrogen-bond donors (Lipinski definition) is 2. The largest absolute Gasteiger partial charge is 0.368 e. The Morgan fingerprint density at radius 1 is 1.17 bits per heavy atom. The minimum atomic E-state index is -3.79. The number of aromatic amines is 1. The zero-order valence-corrected chi connectivity index (χ0v) is 17.8. The Labute approximate surface area is 176 Å². The van der Waals surface area contributed by atoms with Gasteiger partial charge in [-0.05, 0) is 56.4 Å². The molecule has 2 saturated heterocycles. The first-order chi connectivity index (χ1) is 14.3. The molecule has 9 heteroatoms. The average molecular weight is 435 g/mol. The van der Waals surface area contributed by atoms with Gasteiger partial charge in [0.05, 0.1) is 5.69 Å². The summed E-state index contributed by atoms with van der Waals surface area (Å²) in [6.07, 6.45) is 4.73. The number of carbonyl (C=O) groups is 1. The number of sulfonamides is 1. The summed E-state index contributed by atoms with van der Waals surface area (Å²) in [4.78, 5) is 18.9. The van der Waals surface area contributed by atoms with Crippen LogP contribution in [-0.4, -0.2) is 56.4 Å². The van der Waals surface area contributed by atoms with Crippen LogP contribution in [0.25, 0.3) is 0 Å². The maximum Gasteiger partial charge on any atom is 0.270 e. The zero-order valence-electron chi connectivity index (χ0n) is 17.0. The Bertz CT molecular complexity index is 1030. The summed E-state index contributed by atoms with van der Waals surface area (Å²) >= 11 is 0. The number of H-pyrrole nitrogens is 1. The second-order valence-electron chi connectivity index (χ2n) is 8.11. The van der Waals surface area contributed by atoms with Gasteiger partial charge in [-0.2, -0.15) is 0 Å². The predicted molar refractivity (Wildman–Crippen MR) is 113 cm³/mol. The van der Waals surface area contributed by atoms with Crippen molar-refractivity contribution in [2.24, 2.45) is 0 Å². The zero-order chi connectivity index (χ0) is 21.3. The van der Waals surface area contributed by atoms with Crippen LogP contribution in [-0.2, 0) is 10.0 Å². The fraction of sp³-hybridized carbons (Fsp3) is 0.476. The third-order valence-electron chi connectivity index (χ3n) is 5.78. The molecule has 0 aliphatic carbocycles. The lowest BCUT2D eigenvalue weighted by Crippen LogP contribution is -2.48. The normalized spacial score (nSPS) is 20.0. The minimum absolute atomic E-state index is 0.0453. The molecule has 2 aliphatic rings. The molecule has 1 unspecified atom stereocenters. The third-order valence-corrected chi connectivity index (χ3v) is 7.28. The van der Waals surface area contributed by atoms with E-state index in [0.29, 0.717) is 38.3 Å². The Balaban J connectivity index is 1.45. The van der Waals surface area contributed by atoms with E-state index in [1.165, 1.54) is 18.3 Å². The number of aryl methyl sites for hydroxylation is 1. The van der Waals surface area contributed by atoms with E-state index < -0.39 is 10.0 Å². The highest BCUT2D eigenvalue weighted by Crippen LogP contribution is 2.25. The van der Waals surface area contributed by atoms with Gasteiger partial charge in [0.15, 0.2) is 0 Å². The number of rotatable bonds is 5. The Morgan fingerprint density at radius 3 is 2.70 bits per heavy atom. The lowest BCUT2D eigenvalue weighted by molar-refractivity contribution is 0.0787. The smallest absolute Gasteiger partial charge is 0.270 e. The number of nitrogens with one attached hydrogen (secondary N) is 2. The lowest BCUT2D eigenvalue weighted by Gasteiger charge is -2.34. The molecule has 1 atom stereocenters. The van der Waals surface area contributed by atoms with E-state index in [9.17, 15) is 17.6 Å². The molecule has 30 heavy (non-hydrogen) atoms. The number of hydrogen-bond acceptors (Lipinski definition) is 4. The van der Waals surface area contributed by atoms with Gasteiger partial charge in [0.2, 0.25) is 10.0 Å². The van der Waals surface area contributed by atoms with Crippen molar-refractivity contribution in [1.82, 2.24) is 14.6 Å². The number of nitrogens with zero attached hydrogens (tertiary/aromatic N) is 2. The number of amides is 1. The van der Waals surface area contributed by atoms with Crippen LogP contribution in [0.5, 0.6) is 0 Å². The van der Waals surface area contributed by atoms with Crippen molar-refractivity contribution in [3.8, 4) is 0 Å². The average Bonchev–Trinajstić information content (AvgIpc) is 3.42. The SMILES string of the molecule is Cc1ccc(F)c(N2CCCC(NS(=O)(=O)c3c[nH]c(C(=O)N4CCCC4)c3)C2)c1. The second kappa shape index (κ2) is 8.39. The number of benzene rings is 1. The van der Waals surface area contributed by atoms with Gasteiger partial charge in [-0.15, -0.1) is 0 Å². The third kappa shape index (κ3) is 4.37. The van der Waals surface area contributed by atoms with Crippen molar-refractivity contribution in [3.63, 3.8) is 0 Å². The minimum Gasteiger partial charge on any atom is -0.368 e. The fourth-order valence-corrected chi connectivity index (χ4v) is 5.44. The van der Waals surface area contributed by atoms with Gasteiger partial charge in [0.25, 0.3) is 5.91 Å². The number of aromatic nitrogens is 1. The maximum absolute atomic E-state index is 14.3. The molecule has 4 rings (SSSR count). The molecule has 0 saturated carbocycles. The van der Waals surface area contributed by atoms with Gasteiger partial charge in [-0.3, -0.25) is 4.79 Å². The van der Waals surface area contributed by atoms with Crippen LogP contribution < -0.4 is 9.62 Å². The Hall–Kier alpha value is -2.39. The van der Waals surface area contributed by atoms with E-state index in [4.69, 9.17) is 0 Å². The van der Waals surface area contributed by atoms with Crippen LogP contribution in [0.3, 0.4) is 0 Å². The van der Waals surface area contributed by atoms with Crippen LogP contribution in [0.2, 0.25) is 0 Å². The highest BCUT2D eigenvalue weighted by Gasteiger charge is 2.28.